The van der Waals surface area contributed by atoms with Crippen molar-refractivity contribution in [2.24, 2.45) is 0 Å². The van der Waals surface area contributed by atoms with Crippen molar-refractivity contribution in [3.05, 3.63) is 69.2 Å². The first-order valence-electron chi connectivity index (χ1n) is 9.63. The normalized spacial score (nSPS) is 16.3. The van der Waals surface area contributed by atoms with Gasteiger partial charge in [0, 0.05) is 30.2 Å². The highest BCUT2D eigenvalue weighted by atomic mass is 35.5. The number of benzene rings is 2. The van der Waals surface area contributed by atoms with Crippen LogP contribution in [0.4, 0.5) is 5.69 Å². The van der Waals surface area contributed by atoms with Crippen LogP contribution in [0.1, 0.15) is 24.8 Å². The zero-order valence-electron chi connectivity index (χ0n) is 16.3. The van der Waals surface area contributed by atoms with Crippen molar-refractivity contribution < 1.29 is 19.2 Å². The first kappa shape index (κ1) is 21.6. The molecule has 30 heavy (non-hydrogen) atoms. The SMILES string of the molecule is O=C1NCCCCC1N(Cc1ccc([N+](=O)[O-])cc1)C(=O)COc1ccc(Cl)cc1. The Balaban J connectivity index is 1.76. The van der Waals surface area contributed by atoms with E-state index in [-0.39, 0.29) is 30.7 Å². The van der Waals surface area contributed by atoms with E-state index in [0.29, 0.717) is 29.3 Å². The molecule has 2 aromatic carbocycles. The summed E-state index contributed by atoms with van der Waals surface area (Å²) in [5, 5.41) is 14.3. The summed E-state index contributed by atoms with van der Waals surface area (Å²) >= 11 is 5.86. The molecule has 1 fully saturated rings. The molecule has 1 N–H and O–H groups in total. The summed E-state index contributed by atoms with van der Waals surface area (Å²) < 4.78 is 5.58. The summed E-state index contributed by atoms with van der Waals surface area (Å²) in [5.74, 6) is -0.0482. The number of rotatable bonds is 7. The van der Waals surface area contributed by atoms with Crippen molar-refractivity contribution in [2.45, 2.75) is 31.8 Å². The van der Waals surface area contributed by atoms with Crippen LogP contribution in [-0.2, 0) is 16.1 Å². The van der Waals surface area contributed by atoms with Crippen molar-refractivity contribution in [1.82, 2.24) is 10.2 Å². The van der Waals surface area contributed by atoms with E-state index in [0.717, 1.165) is 12.8 Å². The molecule has 2 amide bonds. The van der Waals surface area contributed by atoms with Gasteiger partial charge in [0.15, 0.2) is 6.61 Å². The van der Waals surface area contributed by atoms with Crippen molar-refractivity contribution >= 4 is 29.1 Å². The Bertz CT molecular complexity index is 902. The van der Waals surface area contributed by atoms with Gasteiger partial charge in [-0.05, 0) is 49.1 Å². The van der Waals surface area contributed by atoms with Crippen molar-refractivity contribution in [2.75, 3.05) is 13.2 Å². The van der Waals surface area contributed by atoms with Gasteiger partial charge in [-0.15, -0.1) is 0 Å². The Morgan fingerprint density at radius 1 is 1.17 bits per heavy atom. The molecule has 0 aliphatic carbocycles. The highest BCUT2D eigenvalue weighted by molar-refractivity contribution is 6.30. The first-order valence-corrected chi connectivity index (χ1v) is 10.0. The van der Waals surface area contributed by atoms with Crippen LogP contribution in [0.5, 0.6) is 5.75 Å². The minimum absolute atomic E-state index is 0.0325. The van der Waals surface area contributed by atoms with Gasteiger partial charge in [-0.1, -0.05) is 23.7 Å². The molecule has 1 aliphatic rings. The lowest BCUT2D eigenvalue weighted by atomic mass is 10.1. The number of nitrogens with one attached hydrogen (secondary N) is 1. The number of amides is 2. The summed E-state index contributed by atoms with van der Waals surface area (Å²) in [4.78, 5) is 37.4. The third-order valence-electron chi connectivity index (χ3n) is 4.88. The highest BCUT2D eigenvalue weighted by Crippen LogP contribution is 2.20. The van der Waals surface area contributed by atoms with E-state index in [4.69, 9.17) is 16.3 Å². The fourth-order valence-corrected chi connectivity index (χ4v) is 3.40. The fourth-order valence-electron chi connectivity index (χ4n) is 3.27. The molecule has 1 saturated heterocycles. The molecule has 1 unspecified atom stereocenters. The summed E-state index contributed by atoms with van der Waals surface area (Å²) in [6.45, 7) is 0.494. The molecule has 0 saturated carbocycles. The Hall–Kier alpha value is -3.13. The van der Waals surface area contributed by atoms with E-state index >= 15 is 0 Å². The lowest BCUT2D eigenvalue weighted by Gasteiger charge is -2.30. The van der Waals surface area contributed by atoms with E-state index in [1.807, 2.05) is 0 Å². The first-order chi connectivity index (χ1) is 14.4. The van der Waals surface area contributed by atoms with Crippen LogP contribution in [0.2, 0.25) is 5.02 Å². The average molecular weight is 432 g/mol. The topological polar surface area (TPSA) is 102 Å². The molecule has 8 nitrogen and oxygen atoms in total. The predicted molar refractivity (Wildman–Crippen MR) is 111 cm³/mol. The predicted octanol–water partition coefficient (Wildman–Crippen LogP) is 3.32. The molecule has 1 heterocycles. The zero-order valence-corrected chi connectivity index (χ0v) is 17.0. The van der Waals surface area contributed by atoms with Gasteiger partial charge in [0.25, 0.3) is 11.6 Å². The van der Waals surface area contributed by atoms with Gasteiger partial charge in [-0.3, -0.25) is 19.7 Å². The average Bonchev–Trinajstić information content (AvgIpc) is 2.96. The van der Waals surface area contributed by atoms with E-state index < -0.39 is 11.0 Å². The molecular weight excluding hydrogens is 410 g/mol. The van der Waals surface area contributed by atoms with Gasteiger partial charge in [-0.25, -0.2) is 0 Å². The fraction of sp³-hybridized carbons (Fsp3) is 0.333. The van der Waals surface area contributed by atoms with Crippen molar-refractivity contribution in [1.29, 1.82) is 0 Å². The molecule has 2 aromatic rings. The van der Waals surface area contributed by atoms with E-state index in [9.17, 15) is 19.7 Å². The number of ether oxygens (including phenoxy) is 1. The zero-order chi connectivity index (χ0) is 21.5. The number of nitro groups is 1. The summed E-state index contributed by atoms with van der Waals surface area (Å²) in [6, 6.07) is 12.0. The molecule has 0 radical (unpaired) electrons. The van der Waals surface area contributed by atoms with Crippen molar-refractivity contribution in [3.63, 3.8) is 0 Å². The molecule has 158 valence electrons. The molecule has 0 spiro atoms. The van der Waals surface area contributed by atoms with Gasteiger partial charge in [0.2, 0.25) is 5.91 Å². The number of non-ortho nitro benzene ring substituents is 1. The molecule has 0 aromatic heterocycles. The number of hydrogen-bond donors (Lipinski definition) is 1. The molecule has 3 rings (SSSR count). The van der Waals surface area contributed by atoms with Gasteiger partial charge in [0.1, 0.15) is 11.8 Å². The number of hydrogen-bond acceptors (Lipinski definition) is 5. The second-order valence-electron chi connectivity index (χ2n) is 6.99. The van der Waals surface area contributed by atoms with E-state index in [1.165, 1.54) is 17.0 Å². The third kappa shape index (κ3) is 5.70. The number of nitro benzene ring substituents is 1. The van der Waals surface area contributed by atoms with Crippen LogP contribution < -0.4 is 10.1 Å². The maximum atomic E-state index is 13.0. The monoisotopic (exact) mass is 431 g/mol. The Morgan fingerprint density at radius 2 is 1.87 bits per heavy atom. The van der Waals surface area contributed by atoms with E-state index in [2.05, 4.69) is 5.32 Å². The van der Waals surface area contributed by atoms with Gasteiger partial charge in [-0.2, -0.15) is 0 Å². The Kier molecular flexibility index (Phi) is 7.24. The molecule has 1 aliphatic heterocycles. The quantitative estimate of drug-likeness (QED) is 0.535. The van der Waals surface area contributed by atoms with E-state index in [1.54, 1.807) is 36.4 Å². The lowest BCUT2D eigenvalue weighted by molar-refractivity contribution is -0.384. The van der Waals surface area contributed by atoms with Gasteiger partial charge >= 0.3 is 0 Å². The lowest BCUT2D eigenvalue weighted by Crippen LogP contribution is -2.49. The Labute approximate surface area is 178 Å². The minimum Gasteiger partial charge on any atom is -0.484 e. The molecule has 9 heteroatoms. The summed E-state index contributed by atoms with van der Waals surface area (Å²) in [6.07, 6.45) is 2.21. The van der Waals surface area contributed by atoms with Crippen molar-refractivity contribution in [3.8, 4) is 5.75 Å². The number of carbonyl (C=O) groups excluding carboxylic acids is 2. The van der Waals surface area contributed by atoms with Crippen LogP contribution in [-0.4, -0.2) is 40.8 Å². The summed E-state index contributed by atoms with van der Waals surface area (Å²) in [5.41, 5.74) is 0.660. The molecule has 1 atom stereocenters. The largest absolute Gasteiger partial charge is 0.484 e. The minimum atomic E-state index is -0.621. The van der Waals surface area contributed by atoms with Crippen LogP contribution in [0.15, 0.2) is 48.5 Å². The second-order valence-corrected chi connectivity index (χ2v) is 7.43. The highest BCUT2D eigenvalue weighted by Gasteiger charge is 2.31. The number of halogens is 1. The second kappa shape index (κ2) is 10.1. The maximum absolute atomic E-state index is 13.0. The standard InChI is InChI=1S/C21H22ClN3O5/c22-16-6-10-18(11-7-16)30-14-20(26)24(19-3-1-2-12-23-21(19)27)13-15-4-8-17(9-5-15)25(28)29/h4-11,19H,1-3,12-14H2,(H,23,27). The smallest absolute Gasteiger partial charge is 0.269 e. The third-order valence-corrected chi connectivity index (χ3v) is 5.13. The van der Waals surface area contributed by atoms with Crippen LogP contribution in [0.25, 0.3) is 0 Å². The molecule has 0 bridgehead atoms. The van der Waals surface area contributed by atoms with Crippen LogP contribution >= 0.6 is 11.6 Å². The molecular formula is C21H22ClN3O5. The number of nitrogens with zero attached hydrogens (tertiary/aromatic N) is 2. The maximum Gasteiger partial charge on any atom is 0.269 e. The summed E-state index contributed by atoms with van der Waals surface area (Å²) in [7, 11) is 0. The van der Waals surface area contributed by atoms with Crippen LogP contribution in [0.3, 0.4) is 0 Å². The Morgan fingerprint density at radius 3 is 2.53 bits per heavy atom. The van der Waals surface area contributed by atoms with Gasteiger partial charge < -0.3 is 15.0 Å². The van der Waals surface area contributed by atoms with Crippen LogP contribution in [0, 0.1) is 10.1 Å². The number of carbonyl (C=O) groups is 2. The van der Waals surface area contributed by atoms with Gasteiger partial charge in [0.05, 0.1) is 4.92 Å².